The molecule has 1 aliphatic rings. The van der Waals surface area contributed by atoms with Gasteiger partial charge in [-0.2, -0.15) is 0 Å². The number of fused-ring (bicyclic) bond motifs is 1. The fourth-order valence-corrected chi connectivity index (χ4v) is 4.08. The maximum absolute atomic E-state index is 12.6. The number of amides is 1. The number of guanidine groups is 1. The topological polar surface area (TPSA) is 56.7 Å². The molecular formula is C22H29IN4OS. The third kappa shape index (κ3) is 6.37. The lowest BCUT2D eigenvalue weighted by Crippen LogP contribution is -2.45. The smallest absolute Gasteiger partial charge is 0.242 e. The molecule has 0 aromatic heterocycles. The number of aliphatic imine (C=N–C) groups is 1. The first-order chi connectivity index (χ1) is 13.6. The Kier molecular flexibility index (Phi) is 9.29. The van der Waals surface area contributed by atoms with E-state index < -0.39 is 0 Å². The number of carbonyl (C=O) groups excluding carboxylic acids is 1. The molecule has 0 aliphatic carbocycles. The summed E-state index contributed by atoms with van der Waals surface area (Å²) in [6.45, 7) is 4.46. The molecular weight excluding hydrogens is 495 g/mol. The van der Waals surface area contributed by atoms with Gasteiger partial charge in [-0.05, 0) is 47.9 Å². The molecule has 1 aliphatic heterocycles. The zero-order valence-electron chi connectivity index (χ0n) is 17.2. The van der Waals surface area contributed by atoms with Crippen molar-refractivity contribution in [1.29, 1.82) is 0 Å². The van der Waals surface area contributed by atoms with Crippen molar-refractivity contribution in [2.45, 2.75) is 31.3 Å². The third-order valence-corrected chi connectivity index (χ3v) is 5.82. The predicted molar refractivity (Wildman–Crippen MR) is 132 cm³/mol. The summed E-state index contributed by atoms with van der Waals surface area (Å²) in [7, 11) is 1.72. The summed E-state index contributed by atoms with van der Waals surface area (Å²) in [5, 5.41) is 6.46. The number of nitrogens with one attached hydrogen (secondary N) is 2. The van der Waals surface area contributed by atoms with Crippen LogP contribution in [0.2, 0.25) is 0 Å². The maximum atomic E-state index is 12.6. The lowest BCUT2D eigenvalue weighted by Gasteiger charge is -2.29. The van der Waals surface area contributed by atoms with Crippen LogP contribution in [0.15, 0.2) is 52.4 Å². The van der Waals surface area contributed by atoms with Crippen molar-refractivity contribution >= 4 is 47.6 Å². The van der Waals surface area contributed by atoms with E-state index in [1.807, 2.05) is 11.0 Å². The van der Waals surface area contributed by atoms with Crippen molar-refractivity contribution in [2.24, 2.45) is 4.99 Å². The Bertz CT molecular complexity index is 872. The fourth-order valence-electron chi connectivity index (χ4n) is 3.38. The Balaban J connectivity index is 0.00000300. The highest BCUT2D eigenvalue weighted by molar-refractivity contribution is 14.0. The maximum Gasteiger partial charge on any atom is 0.242 e. The number of halogens is 1. The van der Waals surface area contributed by atoms with Crippen LogP contribution in [-0.4, -0.2) is 43.2 Å². The number of hydrogen-bond donors (Lipinski definition) is 2. The first-order valence-corrected chi connectivity index (χ1v) is 10.8. The van der Waals surface area contributed by atoms with Crippen molar-refractivity contribution in [3.8, 4) is 0 Å². The van der Waals surface area contributed by atoms with Gasteiger partial charge in [0.25, 0.3) is 0 Å². The van der Waals surface area contributed by atoms with E-state index in [4.69, 9.17) is 0 Å². The van der Waals surface area contributed by atoms with Gasteiger partial charge in [0.1, 0.15) is 0 Å². The molecule has 0 radical (unpaired) electrons. The number of carbonyl (C=O) groups is 1. The number of nitrogens with zero attached hydrogens (tertiary/aromatic N) is 2. The zero-order valence-corrected chi connectivity index (χ0v) is 20.3. The second kappa shape index (κ2) is 11.4. The minimum atomic E-state index is 0. The van der Waals surface area contributed by atoms with Gasteiger partial charge >= 0.3 is 0 Å². The molecule has 0 spiro atoms. The van der Waals surface area contributed by atoms with Gasteiger partial charge in [0, 0.05) is 31.6 Å². The average molecular weight is 524 g/mol. The van der Waals surface area contributed by atoms with Crippen molar-refractivity contribution in [2.75, 3.05) is 26.4 Å². The van der Waals surface area contributed by atoms with Gasteiger partial charge in [-0.25, -0.2) is 0 Å². The standard InChI is InChI=1S/C22H28N4OS.HI/c1-16-8-9-18(20(12-16)28-3)13-24-22(23-2)25-14-21(27)26-11-10-17-6-4-5-7-19(17)15-26;/h4-9,12H,10-11,13-15H2,1-3H3,(H2,23,24,25);1H. The van der Waals surface area contributed by atoms with Gasteiger partial charge in [-0.3, -0.25) is 9.79 Å². The molecule has 156 valence electrons. The van der Waals surface area contributed by atoms with Gasteiger partial charge in [0.15, 0.2) is 5.96 Å². The van der Waals surface area contributed by atoms with E-state index in [9.17, 15) is 4.79 Å². The second-order valence-corrected chi connectivity index (χ2v) is 7.78. The van der Waals surface area contributed by atoms with Crippen LogP contribution in [0.4, 0.5) is 0 Å². The summed E-state index contributed by atoms with van der Waals surface area (Å²) in [5.41, 5.74) is 5.07. The van der Waals surface area contributed by atoms with E-state index >= 15 is 0 Å². The first-order valence-electron chi connectivity index (χ1n) is 9.53. The summed E-state index contributed by atoms with van der Waals surface area (Å²) in [5.74, 6) is 0.732. The highest BCUT2D eigenvalue weighted by Gasteiger charge is 2.20. The van der Waals surface area contributed by atoms with E-state index in [0.29, 0.717) is 19.0 Å². The number of rotatable bonds is 5. The Morgan fingerprint density at radius 3 is 2.66 bits per heavy atom. The molecule has 0 bridgehead atoms. The van der Waals surface area contributed by atoms with Crippen LogP contribution in [0.1, 0.15) is 22.3 Å². The molecule has 0 saturated carbocycles. The van der Waals surface area contributed by atoms with E-state index in [1.54, 1.807) is 18.8 Å². The normalized spacial score (nSPS) is 13.3. The van der Waals surface area contributed by atoms with Crippen LogP contribution in [0.5, 0.6) is 0 Å². The SMILES string of the molecule is CN=C(NCC(=O)N1CCc2ccccc2C1)NCc1ccc(C)cc1SC.I. The lowest BCUT2D eigenvalue weighted by molar-refractivity contribution is -0.130. The predicted octanol–water partition coefficient (Wildman–Crippen LogP) is 3.58. The van der Waals surface area contributed by atoms with E-state index in [2.05, 4.69) is 65.2 Å². The fraction of sp³-hybridized carbons (Fsp3) is 0.364. The van der Waals surface area contributed by atoms with Crippen molar-refractivity contribution in [3.05, 3.63) is 64.7 Å². The molecule has 1 heterocycles. The summed E-state index contributed by atoms with van der Waals surface area (Å²) < 4.78 is 0. The lowest BCUT2D eigenvalue weighted by atomic mass is 10.00. The summed E-state index contributed by atoms with van der Waals surface area (Å²) in [4.78, 5) is 20.0. The van der Waals surface area contributed by atoms with Crippen molar-refractivity contribution in [1.82, 2.24) is 15.5 Å². The second-order valence-electron chi connectivity index (χ2n) is 6.93. The highest BCUT2D eigenvalue weighted by Crippen LogP contribution is 2.21. The molecule has 0 fully saturated rings. The molecule has 29 heavy (non-hydrogen) atoms. The molecule has 5 nitrogen and oxygen atoms in total. The Morgan fingerprint density at radius 2 is 1.93 bits per heavy atom. The van der Waals surface area contributed by atoms with Crippen LogP contribution < -0.4 is 10.6 Å². The summed E-state index contributed by atoms with van der Waals surface area (Å²) >= 11 is 1.74. The number of benzene rings is 2. The first kappa shape index (κ1) is 23.5. The van der Waals surface area contributed by atoms with Gasteiger partial charge in [-0.15, -0.1) is 35.7 Å². The van der Waals surface area contributed by atoms with Crippen LogP contribution in [-0.2, 0) is 24.3 Å². The zero-order chi connectivity index (χ0) is 19.9. The van der Waals surface area contributed by atoms with Gasteiger partial charge in [-0.1, -0.05) is 36.4 Å². The van der Waals surface area contributed by atoms with Crippen molar-refractivity contribution < 1.29 is 4.79 Å². The third-order valence-electron chi connectivity index (χ3n) is 5.00. The molecule has 2 aromatic rings. The Labute approximate surface area is 194 Å². The van der Waals surface area contributed by atoms with Crippen LogP contribution in [0, 0.1) is 6.92 Å². The van der Waals surface area contributed by atoms with E-state index in [-0.39, 0.29) is 36.4 Å². The van der Waals surface area contributed by atoms with Gasteiger partial charge < -0.3 is 15.5 Å². The van der Waals surface area contributed by atoms with E-state index in [0.717, 1.165) is 13.0 Å². The van der Waals surface area contributed by atoms with Gasteiger partial charge in [0.2, 0.25) is 5.91 Å². The number of hydrogen-bond acceptors (Lipinski definition) is 3. The van der Waals surface area contributed by atoms with Crippen LogP contribution in [0.3, 0.4) is 0 Å². The molecule has 0 saturated heterocycles. The molecule has 0 atom stereocenters. The monoisotopic (exact) mass is 524 g/mol. The quantitative estimate of drug-likeness (QED) is 0.272. The van der Waals surface area contributed by atoms with Gasteiger partial charge in [0.05, 0.1) is 6.54 Å². The minimum absolute atomic E-state index is 0. The molecule has 0 unspecified atom stereocenters. The molecule has 2 N–H and O–H groups in total. The largest absolute Gasteiger partial charge is 0.352 e. The minimum Gasteiger partial charge on any atom is -0.352 e. The highest BCUT2D eigenvalue weighted by atomic mass is 127. The molecule has 1 amide bonds. The van der Waals surface area contributed by atoms with Crippen LogP contribution in [0.25, 0.3) is 0 Å². The van der Waals surface area contributed by atoms with E-state index in [1.165, 1.54) is 27.1 Å². The molecule has 3 rings (SSSR count). The van der Waals surface area contributed by atoms with Crippen molar-refractivity contribution in [3.63, 3.8) is 0 Å². The Hall–Kier alpha value is -1.74. The molecule has 2 aromatic carbocycles. The number of aryl methyl sites for hydroxylation is 1. The Morgan fingerprint density at radius 1 is 1.17 bits per heavy atom. The number of thioether (sulfide) groups is 1. The van der Waals surface area contributed by atoms with Crippen LogP contribution >= 0.6 is 35.7 Å². The summed E-state index contributed by atoms with van der Waals surface area (Å²) in [6, 6.07) is 14.8. The molecule has 7 heteroatoms. The average Bonchev–Trinajstić information content (AvgIpc) is 2.73. The summed E-state index contributed by atoms with van der Waals surface area (Å²) in [6.07, 6.45) is 3.00.